The Morgan fingerprint density at radius 2 is 1.90 bits per heavy atom. The van der Waals surface area contributed by atoms with Crippen LogP contribution in [-0.2, 0) is 14.0 Å². The van der Waals surface area contributed by atoms with Crippen LogP contribution in [0.1, 0.15) is 18.1 Å². The molecule has 0 saturated heterocycles. The van der Waals surface area contributed by atoms with Gasteiger partial charge in [0, 0.05) is 0 Å². The van der Waals surface area contributed by atoms with Crippen molar-refractivity contribution >= 4 is 14.3 Å². The van der Waals surface area contributed by atoms with Crippen LogP contribution in [0.4, 0.5) is 0 Å². The lowest BCUT2D eigenvalue weighted by Gasteiger charge is -2.31. The SMILES string of the molecule is C=CC[C@@H](C(=O)OC)[C@@H](O[Si](C)(C)C)c1ccccc1. The molecule has 1 aromatic rings. The van der Waals surface area contributed by atoms with Gasteiger partial charge in [-0.25, -0.2) is 0 Å². The van der Waals surface area contributed by atoms with Crippen LogP contribution in [0.3, 0.4) is 0 Å². The molecule has 2 atom stereocenters. The molecule has 0 unspecified atom stereocenters. The Kier molecular flexibility index (Phi) is 6.17. The Morgan fingerprint density at radius 3 is 2.35 bits per heavy atom. The van der Waals surface area contributed by atoms with E-state index in [1.54, 1.807) is 6.08 Å². The van der Waals surface area contributed by atoms with Gasteiger partial charge in [-0.15, -0.1) is 6.58 Å². The summed E-state index contributed by atoms with van der Waals surface area (Å²) in [6.07, 6.45) is 2.00. The third-order valence-corrected chi connectivity index (χ3v) is 3.86. The number of rotatable bonds is 7. The third-order valence-electron chi connectivity index (χ3n) is 2.90. The number of esters is 1. The number of carbonyl (C=O) groups excluding carboxylic acids is 1. The van der Waals surface area contributed by atoms with E-state index in [0.717, 1.165) is 5.56 Å². The van der Waals surface area contributed by atoms with Crippen LogP contribution >= 0.6 is 0 Å². The minimum Gasteiger partial charge on any atom is -0.469 e. The highest BCUT2D eigenvalue weighted by Gasteiger charge is 2.33. The van der Waals surface area contributed by atoms with Crippen molar-refractivity contribution in [3.8, 4) is 0 Å². The first-order valence-electron chi connectivity index (χ1n) is 6.80. The highest BCUT2D eigenvalue weighted by atomic mass is 28.4. The Balaban J connectivity index is 3.13. The molecule has 0 bridgehead atoms. The average Bonchev–Trinajstić information content (AvgIpc) is 2.41. The predicted molar refractivity (Wildman–Crippen MR) is 83.9 cm³/mol. The Morgan fingerprint density at radius 1 is 1.30 bits per heavy atom. The quantitative estimate of drug-likeness (QED) is 0.434. The van der Waals surface area contributed by atoms with Crippen LogP contribution in [0.5, 0.6) is 0 Å². The standard InChI is InChI=1S/C16H24O3Si/c1-6-10-14(16(17)18-2)15(19-20(3,4)5)13-11-8-7-9-12-13/h6-9,11-12,14-15H,1,10H2,2-5H3/t14-,15+/m1/s1. The zero-order valence-corrected chi connectivity index (χ0v) is 13.8. The van der Waals surface area contributed by atoms with Crippen LogP contribution in [0.2, 0.25) is 19.6 Å². The molecule has 0 fully saturated rings. The lowest BCUT2D eigenvalue weighted by Crippen LogP contribution is -2.34. The number of allylic oxidation sites excluding steroid dienone is 1. The molecule has 1 aromatic carbocycles. The highest BCUT2D eigenvalue weighted by molar-refractivity contribution is 6.69. The first kappa shape index (κ1) is 16.7. The van der Waals surface area contributed by atoms with Gasteiger partial charge in [0.2, 0.25) is 0 Å². The van der Waals surface area contributed by atoms with Crippen molar-refractivity contribution in [2.75, 3.05) is 7.11 Å². The van der Waals surface area contributed by atoms with Crippen molar-refractivity contribution in [3.63, 3.8) is 0 Å². The van der Waals surface area contributed by atoms with Crippen molar-refractivity contribution in [2.45, 2.75) is 32.2 Å². The van der Waals surface area contributed by atoms with Crippen molar-refractivity contribution in [3.05, 3.63) is 48.6 Å². The van der Waals surface area contributed by atoms with E-state index in [4.69, 9.17) is 9.16 Å². The summed E-state index contributed by atoms with van der Waals surface area (Å²) in [7, 11) is -0.384. The zero-order chi connectivity index (χ0) is 15.2. The maximum Gasteiger partial charge on any atom is 0.311 e. The number of hydrogen-bond acceptors (Lipinski definition) is 3. The van der Waals surface area contributed by atoms with Gasteiger partial charge in [-0.1, -0.05) is 36.4 Å². The zero-order valence-electron chi connectivity index (χ0n) is 12.8. The van der Waals surface area contributed by atoms with Crippen LogP contribution in [-0.4, -0.2) is 21.4 Å². The fraction of sp³-hybridized carbons (Fsp3) is 0.438. The first-order chi connectivity index (χ1) is 9.39. The number of hydrogen-bond donors (Lipinski definition) is 0. The lowest BCUT2D eigenvalue weighted by molar-refractivity contribution is -0.149. The van der Waals surface area contributed by atoms with Gasteiger partial charge >= 0.3 is 5.97 Å². The second-order valence-electron chi connectivity index (χ2n) is 5.72. The molecule has 0 aliphatic carbocycles. The number of carbonyl (C=O) groups is 1. The lowest BCUT2D eigenvalue weighted by atomic mass is 9.93. The molecule has 1 rings (SSSR count). The van der Waals surface area contributed by atoms with Gasteiger partial charge in [-0.3, -0.25) is 4.79 Å². The highest BCUT2D eigenvalue weighted by Crippen LogP contribution is 2.32. The molecule has 0 saturated carbocycles. The summed E-state index contributed by atoms with van der Waals surface area (Å²) in [5.74, 6) is -0.608. The van der Waals surface area contributed by atoms with E-state index >= 15 is 0 Å². The van der Waals surface area contributed by atoms with Crippen LogP contribution in [0.15, 0.2) is 43.0 Å². The molecular weight excluding hydrogens is 268 g/mol. The molecule has 3 nitrogen and oxygen atoms in total. The molecular formula is C16H24O3Si. The minimum atomic E-state index is -1.80. The van der Waals surface area contributed by atoms with E-state index in [9.17, 15) is 4.79 Å². The molecule has 0 spiro atoms. The van der Waals surface area contributed by atoms with E-state index in [-0.39, 0.29) is 18.0 Å². The fourth-order valence-corrected chi connectivity index (χ4v) is 3.14. The van der Waals surface area contributed by atoms with Gasteiger partial charge in [-0.05, 0) is 31.6 Å². The summed E-state index contributed by atoms with van der Waals surface area (Å²) in [5, 5.41) is 0. The number of ether oxygens (including phenoxy) is 1. The van der Waals surface area contributed by atoms with Gasteiger partial charge in [0.15, 0.2) is 8.32 Å². The average molecular weight is 292 g/mol. The normalized spacial score (nSPS) is 14.4. The molecule has 20 heavy (non-hydrogen) atoms. The van der Waals surface area contributed by atoms with Crippen LogP contribution in [0, 0.1) is 5.92 Å². The Labute approximate surface area is 122 Å². The van der Waals surface area contributed by atoms with Crippen LogP contribution < -0.4 is 0 Å². The van der Waals surface area contributed by atoms with Gasteiger partial charge in [0.1, 0.15) is 0 Å². The summed E-state index contributed by atoms with van der Waals surface area (Å²) >= 11 is 0. The van der Waals surface area contributed by atoms with E-state index in [2.05, 4.69) is 26.2 Å². The second kappa shape index (κ2) is 7.41. The van der Waals surface area contributed by atoms with E-state index < -0.39 is 8.32 Å². The Bertz CT molecular complexity index is 437. The molecule has 110 valence electrons. The second-order valence-corrected chi connectivity index (χ2v) is 10.2. The topological polar surface area (TPSA) is 35.5 Å². The molecule has 4 heteroatoms. The smallest absolute Gasteiger partial charge is 0.311 e. The largest absolute Gasteiger partial charge is 0.469 e. The van der Waals surface area contributed by atoms with Crippen LogP contribution in [0.25, 0.3) is 0 Å². The Hall–Kier alpha value is -1.39. The monoisotopic (exact) mass is 292 g/mol. The van der Waals surface area contributed by atoms with E-state index in [0.29, 0.717) is 6.42 Å². The molecule has 0 heterocycles. The maximum absolute atomic E-state index is 12.1. The van der Waals surface area contributed by atoms with Crippen molar-refractivity contribution in [1.82, 2.24) is 0 Å². The third kappa shape index (κ3) is 4.94. The molecule has 0 radical (unpaired) electrons. The summed E-state index contributed by atoms with van der Waals surface area (Å²) in [6, 6.07) is 9.85. The van der Waals surface area contributed by atoms with Crippen molar-refractivity contribution in [1.29, 1.82) is 0 Å². The number of benzene rings is 1. The van der Waals surface area contributed by atoms with Crippen molar-refractivity contribution in [2.24, 2.45) is 5.92 Å². The van der Waals surface area contributed by atoms with E-state index in [1.165, 1.54) is 7.11 Å². The molecule has 0 aromatic heterocycles. The summed E-state index contributed by atoms with van der Waals surface area (Å²) < 4.78 is 11.2. The summed E-state index contributed by atoms with van der Waals surface area (Å²) in [5.41, 5.74) is 1.01. The number of methoxy groups -OCH3 is 1. The fourth-order valence-electron chi connectivity index (χ4n) is 2.08. The van der Waals surface area contributed by atoms with Crippen molar-refractivity contribution < 1.29 is 14.0 Å². The molecule has 0 aliphatic heterocycles. The first-order valence-corrected chi connectivity index (χ1v) is 10.2. The molecule has 0 amide bonds. The molecule has 0 N–H and O–H groups in total. The van der Waals surface area contributed by atoms with Gasteiger partial charge < -0.3 is 9.16 Å². The van der Waals surface area contributed by atoms with Gasteiger partial charge in [0.05, 0.1) is 19.1 Å². The maximum atomic E-state index is 12.1. The van der Waals surface area contributed by atoms with Gasteiger partial charge in [0.25, 0.3) is 0 Å². The van der Waals surface area contributed by atoms with E-state index in [1.807, 2.05) is 30.3 Å². The summed E-state index contributed by atoms with van der Waals surface area (Å²) in [6.45, 7) is 10.1. The summed E-state index contributed by atoms with van der Waals surface area (Å²) in [4.78, 5) is 12.1. The molecule has 0 aliphatic rings. The van der Waals surface area contributed by atoms with Gasteiger partial charge in [-0.2, -0.15) is 0 Å². The predicted octanol–water partition coefficient (Wildman–Crippen LogP) is 3.94. The minimum absolute atomic E-state index is 0.253.